The van der Waals surface area contributed by atoms with Crippen molar-refractivity contribution in [3.63, 3.8) is 0 Å². The molecule has 3 aromatic rings. The lowest BCUT2D eigenvalue weighted by Gasteiger charge is -2.23. The summed E-state index contributed by atoms with van der Waals surface area (Å²) in [4.78, 5) is 66.0. The van der Waals surface area contributed by atoms with Gasteiger partial charge in [-0.25, -0.2) is 18.9 Å². The van der Waals surface area contributed by atoms with Crippen LogP contribution in [0.25, 0.3) is 11.0 Å². The predicted molar refractivity (Wildman–Crippen MR) is 152 cm³/mol. The number of anilines is 1. The van der Waals surface area contributed by atoms with Crippen molar-refractivity contribution in [1.29, 1.82) is 0 Å². The van der Waals surface area contributed by atoms with E-state index in [1.54, 1.807) is 12.1 Å². The Bertz CT molecular complexity index is 1770. The number of amides is 3. The first kappa shape index (κ1) is 31.3. The largest absolute Gasteiger partial charge is 0.433 e. The zero-order valence-electron chi connectivity index (χ0n) is 23.5. The Morgan fingerprint density at radius 3 is 2.44 bits per heavy atom. The Balaban J connectivity index is 1.68. The highest BCUT2D eigenvalue weighted by Crippen LogP contribution is 2.29. The third-order valence-corrected chi connectivity index (χ3v) is 7.84. The van der Waals surface area contributed by atoms with Crippen molar-refractivity contribution in [2.75, 3.05) is 11.1 Å². The van der Waals surface area contributed by atoms with Crippen LogP contribution in [0.5, 0.6) is 5.75 Å². The number of nitrogens with one attached hydrogen (secondary N) is 1. The lowest BCUT2D eigenvalue weighted by Crippen LogP contribution is -2.53. The molecule has 1 aliphatic rings. The van der Waals surface area contributed by atoms with E-state index in [1.165, 1.54) is 26.0 Å². The van der Waals surface area contributed by atoms with E-state index in [4.69, 9.17) is 13.3 Å². The van der Waals surface area contributed by atoms with E-state index < -0.39 is 68.1 Å². The summed E-state index contributed by atoms with van der Waals surface area (Å²) in [6.45, 7) is 4.44. The lowest BCUT2D eigenvalue weighted by atomic mass is 10.0. The molecular weight excluding hydrogens is 587 g/mol. The fourth-order valence-electron chi connectivity index (χ4n) is 4.39. The number of ketones is 1. The first-order valence-corrected chi connectivity index (χ1v) is 15.0. The maximum atomic E-state index is 14.8. The molecule has 0 spiro atoms. The maximum Gasteiger partial charge on any atom is 0.418 e. The zero-order valence-corrected chi connectivity index (χ0v) is 24.4. The van der Waals surface area contributed by atoms with Crippen LogP contribution in [0.1, 0.15) is 56.8 Å². The number of hydrogen-bond acceptors (Lipinski definition) is 10. The van der Waals surface area contributed by atoms with Crippen molar-refractivity contribution in [2.45, 2.75) is 58.1 Å². The molecule has 1 unspecified atom stereocenters. The van der Waals surface area contributed by atoms with Crippen LogP contribution in [-0.4, -0.2) is 54.4 Å². The molecule has 0 aliphatic carbocycles. The van der Waals surface area contributed by atoms with Crippen LogP contribution >= 0.6 is 0 Å². The van der Waals surface area contributed by atoms with Crippen LogP contribution in [0.4, 0.5) is 14.9 Å². The summed E-state index contributed by atoms with van der Waals surface area (Å²) in [6, 6.07) is 7.74. The Kier molecular flexibility index (Phi) is 8.99. The van der Waals surface area contributed by atoms with Crippen molar-refractivity contribution in [1.82, 2.24) is 4.90 Å². The van der Waals surface area contributed by atoms with Gasteiger partial charge in [-0.15, -0.1) is 0 Å². The van der Waals surface area contributed by atoms with Gasteiger partial charge in [0.15, 0.2) is 11.6 Å². The van der Waals surface area contributed by atoms with Gasteiger partial charge in [0.25, 0.3) is 11.8 Å². The molecule has 43 heavy (non-hydrogen) atoms. The minimum Gasteiger partial charge on any atom is -0.433 e. The van der Waals surface area contributed by atoms with Crippen molar-refractivity contribution in [3.05, 3.63) is 70.3 Å². The predicted octanol–water partition coefficient (Wildman–Crippen LogP) is 4.17. The Hall–Kier alpha value is -4.59. The molecule has 3 amide bonds. The van der Waals surface area contributed by atoms with Crippen LogP contribution < -0.4 is 15.1 Å². The van der Waals surface area contributed by atoms with Gasteiger partial charge in [-0.05, 0) is 44.5 Å². The molecule has 0 saturated carbocycles. The lowest BCUT2D eigenvalue weighted by molar-refractivity contribution is -0.137. The summed E-state index contributed by atoms with van der Waals surface area (Å²) in [5.74, 6) is -5.42. The zero-order chi connectivity index (χ0) is 31.5. The molecule has 1 N–H and O–H groups in total. The van der Waals surface area contributed by atoms with Gasteiger partial charge in [-0.2, -0.15) is 8.42 Å². The number of carbonyl (C=O) groups is 4. The van der Waals surface area contributed by atoms with E-state index in [2.05, 4.69) is 5.32 Å². The number of cyclic esters (lactones) is 1. The molecule has 1 fully saturated rings. The molecule has 1 aromatic heterocycles. The number of Topliss-reactive ketones (excluding diaryl/α,β-unsaturated/α-hetero) is 1. The van der Waals surface area contributed by atoms with Crippen LogP contribution in [0.15, 0.2) is 57.7 Å². The summed E-state index contributed by atoms with van der Waals surface area (Å²) >= 11 is 0. The quantitative estimate of drug-likeness (QED) is 0.103. The summed E-state index contributed by atoms with van der Waals surface area (Å²) in [5, 5.41) is 2.42. The molecule has 1 aliphatic heterocycles. The number of para-hydroxylation sites is 1. The van der Waals surface area contributed by atoms with Crippen LogP contribution in [0.3, 0.4) is 0 Å². The highest BCUT2D eigenvalue weighted by molar-refractivity contribution is 7.87. The highest BCUT2D eigenvalue weighted by Gasteiger charge is 2.54. The molecule has 4 rings (SSSR count). The molecule has 1 saturated heterocycles. The monoisotopic (exact) mass is 616 g/mol. The van der Waals surface area contributed by atoms with Gasteiger partial charge in [0, 0.05) is 11.5 Å². The standard InChI is InChI=1S/C29H29FN2O10S/c1-4-5-6-9-14-43(38,39)42-18-12-13-20(30)21(16-18)31-25(34)23(32-27(36)29(2,3)41-28(32)37)24(33)19-15-17-10-7-8-11-22(17)40-26(19)35/h7-8,10-13,15-16,23H,4-6,9,14H2,1-3H3,(H,31,34). The van der Waals surface area contributed by atoms with Crippen molar-refractivity contribution >= 4 is 50.5 Å². The number of imide groups is 1. The molecule has 228 valence electrons. The second-order valence-electron chi connectivity index (χ2n) is 10.3. The summed E-state index contributed by atoms with van der Waals surface area (Å²) in [5.41, 5.74) is -4.04. The number of benzene rings is 2. The third kappa shape index (κ3) is 6.91. The van der Waals surface area contributed by atoms with Gasteiger partial charge in [0.2, 0.25) is 5.78 Å². The van der Waals surface area contributed by atoms with Crippen molar-refractivity contribution in [2.24, 2.45) is 0 Å². The third-order valence-electron chi connectivity index (χ3n) is 6.60. The Labute approximate surface area is 245 Å². The minimum atomic E-state index is -4.05. The van der Waals surface area contributed by atoms with E-state index in [9.17, 15) is 36.8 Å². The van der Waals surface area contributed by atoms with Gasteiger partial charge in [-0.3, -0.25) is 14.4 Å². The summed E-state index contributed by atoms with van der Waals surface area (Å²) in [6.07, 6.45) is 1.41. The normalized spacial score (nSPS) is 15.3. The van der Waals surface area contributed by atoms with Crippen molar-refractivity contribution in [3.8, 4) is 5.75 Å². The average molecular weight is 617 g/mol. The fourth-order valence-corrected chi connectivity index (χ4v) is 5.43. The smallest absolute Gasteiger partial charge is 0.418 e. The minimum absolute atomic E-state index is 0.141. The Morgan fingerprint density at radius 2 is 1.77 bits per heavy atom. The molecule has 14 heteroatoms. The molecule has 0 bridgehead atoms. The van der Waals surface area contributed by atoms with Crippen molar-refractivity contribution < 1.29 is 45.3 Å². The van der Waals surface area contributed by atoms with Gasteiger partial charge >= 0.3 is 21.8 Å². The molecule has 2 aromatic carbocycles. The van der Waals surface area contributed by atoms with Gasteiger partial charge in [-0.1, -0.05) is 44.4 Å². The Morgan fingerprint density at radius 1 is 1.05 bits per heavy atom. The summed E-state index contributed by atoms with van der Waals surface area (Å²) < 4.78 is 54.8. The van der Waals surface area contributed by atoms with E-state index >= 15 is 0 Å². The number of unbranched alkanes of at least 4 members (excludes halogenated alkanes) is 3. The number of halogens is 1. The molecular formula is C29H29FN2O10S. The molecule has 12 nitrogen and oxygen atoms in total. The highest BCUT2D eigenvalue weighted by atomic mass is 32.2. The molecule has 2 heterocycles. The first-order valence-electron chi connectivity index (χ1n) is 13.4. The van der Waals surface area contributed by atoms with E-state index in [0.717, 1.165) is 37.1 Å². The number of fused-ring (bicyclic) bond motifs is 1. The van der Waals surface area contributed by atoms with E-state index in [0.29, 0.717) is 18.2 Å². The SMILES string of the molecule is CCCCCCS(=O)(=O)Oc1ccc(F)c(NC(=O)C(C(=O)c2cc3ccccc3oc2=O)N2C(=O)OC(C)(C)C2=O)c1. The fraction of sp³-hybridized carbons (Fsp3) is 0.345. The topological polar surface area (TPSA) is 166 Å². The first-order chi connectivity index (χ1) is 20.2. The average Bonchev–Trinajstić information content (AvgIpc) is 3.14. The number of rotatable bonds is 12. The number of ether oxygens (including phenoxy) is 1. The second kappa shape index (κ2) is 12.3. The van der Waals surface area contributed by atoms with Gasteiger partial charge in [0.1, 0.15) is 22.7 Å². The van der Waals surface area contributed by atoms with Gasteiger partial charge < -0.3 is 18.7 Å². The number of carbonyl (C=O) groups excluding carboxylic acids is 4. The van der Waals surface area contributed by atoms with Crippen LogP contribution in [0.2, 0.25) is 0 Å². The molecule has 0 radical (unpaired) electrons. The second-order valence-corrected chi connectivity index (χ2v) is 12.0. The van der Waals surface area contributed by atoms with E-state index in [-0.39, 0.29) is 22.0 Å². The number of hydrogen-bond donors (Lipinski definition) is 1. The molecule has 1 atom stereocenters. The van der Waals surface area contributed by atoms with E-state index in [1.807, 2.05) is 6.92 Å². The number of nitrogens with zero attached hydrogens (tertiary/aromatic N) is 1. The van der Waals surface area contributed by atoms with Crippen LogP contribution in [-0.2, 0) is 24.4 Å². The summed E-state index contributed by atoms with van der Waals surface area (Å²) in [7, 11) is -4.05. The van der Waals surface area contributed by atoms with Crippen LogP contribution in [0, 0.1) is 5.82 Å². The maximum absolute atomic E-state index is 14.8. The van der Waals surface area contributed by atoms with Gasteiger partial charge in [0.05, 0.1) is 11.4 Å².